The molecule has 3 N–H and O–H groups in total. The maximum absolute atomic E-state index is 14.1. The SMILES string of the molecule is CCOc1ccc(/C=C(\NC(=O)c2ccccc2)C(=O)Nc2ccc(SC(C(=O)Nc3cccc4c3C(=O)c3ccccc3C4=O)c3ccccc3)cc2)cc1. The molecular formula is C46H35N3O6S. The van der Waals surface area contributed by atoms with Gasteiger partial charge in [0.1, 0.15) is 16.7 Å². The fourth-order valence-corrected chi connectivity index (χ4v) is 7.26. The number of hydrogen-bond acceptors (Lipinski definition) is 7. The van der Waals surface area contributed by atoms with Gasteiger partial charge in [-0.25, -0.2) is 0 Å². The minimum absolute atomic E-state index is 0.0362. The standard InChI is InChI=1S/C46H35N3O6S/c1-2-55-33-24-20-29(21-25-33)28-39(49-44(52)31-14-7-4-8-15-31)45(53)47-32-22-26-34(27-23-32)56-43(30-12-5-3-6-13-30)46(54)48-38-19-11-18-37-40(38)42(51)36-17-10-9-16-35(36)41(37)50/h3-28,43H,2H2,1H3,(H,47,53)(H,48,54)(H,49,52)/b39-28-. The second-order valence-electron chi connectivity index (χ2n) is 12.7. The van der Waals surface area contributed by atoms with Crippen LogP contribution in [0.4, 0.5) is 11.4 Å². The molecule has 1 unspecified atom stereocenters. The number of fused-ring (bicyclic) bond motifs is 2. The Hall–Kier alpha value is -7.04. The average Bonchev–Trinajstić information content (AvgIpc) is 3.23. The Labute approximate surface area is 327 Å². The smallest absolute Gasteiger partial charge is 0.272 e. The number of nitrogens with one attached hydrogen (secondary N) is 3. The van der Waals surface area contributed by atoms with E-state index in [-0.39, 0.29) is 40.0 Å². The van der Waals surface area contributed by atoms with Crippen LogP contribution in [-0.2, 0) is 9.59 Å². The molecule has 0 saturated heterocycles. The molecule has 0 fully saturated rings. The topological polar surface area (TPSA) is 131 Å². The summed E-state index contributed by atoms with van der Waals surface area (Å²) in [4.78, 5) is 68.5. The maximum Gasteiger partial charge on any atom is 0.272 e. The number of carbonyl (C=O) groups excluding carboxylic acids is 5. The van der Waals surface area contributed by atoms with Crippen LogP contribution in [0.3, 0.4) is 0 Å². The summed E-state index contributed by atoms with van der Waals surface area (Å²) in [6.45, 7) is 2.41. The summed E-state index contributed by atoms with van der Waals surface area (Å²) in [6.07, 6.45) is 1.59. The normalized spacial score (nSPS) is 12.5. The zero-order valence-electron chi connectivity index (χ0n) is 30.2. The van der Waals surface area contributed by atoms with Gasteiger partial charge in [-0.3, -0.25) is 24.0 Å². The molecule has 1 atom stereocenters. The molecule has 7 rings (SSSR count). The van der Waals surface area contributed by atoms with Gasteiger partial charge in [0.05, 0.1) is 17.9 Å². The molecule has 0 spiro atoms. The van der Waals surface area contributed by atoms with Gasteiger partial charge in [0.25, 0.3) is 11.8 Å². The molecule has 0 aliphatic heterocycles. The number of benzene rings is 6. The summed E-state index contributed by atoms with van der Waals surface area (Å²) in [5, 5.41) is 7.81. The van der Waals surface area contributed by atoms with E-state index in [0.717, 1.165) is 10.5 Å². The third kappa shape index (κ3) is 8.36. The third-order valence-electron chi connectivity index (χ3n) is 8.95. The minimum Gasteiger partial charge on any atom is -0.494 e. The molecule has 0 heterocycles. The van der Waals surface area contributed by atoms with Crippen LogP contribution in [0.2, 0.25) is 0 Å². The summed E-state index contributed by atoms with van der Waals surface area (Å²) in [6, 6.07) is 43.5. The number of anilines is 2. The Balaban J connectivity index is 1.10. The van der Waals surface area contributed by atoms with E-state index in [2.05, 4.69) is 16.0 Å². The zero-order chi connectivity index (χ0) is 39.0. The van der Waals surface area contributed by atoms with Crippen LogP contribution >= 0.6 is 11.8 Å². The monoisotopic (exact) mass is 757 g/mol. The maximum atomic E-state index is 14.1. The van der Waals surface area contributed by atoms with Crippen LogP contribution in [0.25, 0.3) is 6.08 Å². The van der Waals surface area contributed by atoms with Gasteiger partial charge in [0, 0.05) is 32.8 Å². The van der Waals surface area contributed by atoms with Crippen LogP contribution in [0.1, 0.15) is 65.5 Å². The van der Waals surface area contributed by atoms with E-state index in [1.54, 1.807) is 127 Å². The quantitative estimate of drug-likeness (QED) is 0.0840. The zero-order valence-corrected chi connectivity index (χ0v) is 31.0. The first-order valence-corrected chi connectivity index (χ1v) is 18.7. The van der Waals surface area contributed by atoms with Gasteiger partial charge in [-0.2, -0.15) is 0 Å². The van der Waals surface area contributed by atoms with E-state index in [9.17, 15) is 24.0 Å². The number of ketones is 2. The number of rotatable bonds is 12. The van der Waals surface area contributed by atoms with Crippen LogP contribution in [-0.4, -0.2) is 35.9 Å². The van der Waals surface area contributed by atoms with E-state index >= 15 is 0 Å². The van der Waals surface area contributed by atoms with Gasteiger partial charge >= 0.3 is 0 Å². The first-order chi connectivity index (χ1) is 27.3. The van der Waals surface area contributed by atoms with E-state index in [1.807, 2.05) is 37.3 Å². The van der Waals surface area contributed by atoms with Crippen molar-refractivity contribution < 1.29 is 28.7 Å². The highest BCUT2D eigenvalue weighted by molar-refractivity contribution is 8.00. The highest BCUT2D eigenvalue weighted by atomic mass is 32.2. The van der Waals surface area contributed by atoms with Gasteiger partial charge in [-0.1, -0.05) is 97.1 Å². The highest BCUT2D eigenvalue weighted by Gasteiger charge is 2.33. The van der Waals surface area contributed by atoms with Crippen molar-refractivity contribution in [3.63, 3.8) is 0 Å². The number of amides is 3. The summed E-state index contributed by atoms with van der Waals surface area (Å²) in [5.41, 5.74) is 3.60. The Morgan fingerprint density at radius 1 is 0.661 bits per heavy atom. The van der Waals surface area contributed by atoms with Crippen molar-refractivity contribution in [3.8, 4) is 5.75 Å². The lowest BCUT2D eigenvalue weighted by Gasteiger charge is -2.22. The Morgan fingerprint density at radius 2 is 1.29 bits per heavy atom. The number of hydrogen-bond donors (Lipinski definition) is 3. The van der Waals surface area contributed by atoms with Gasteiger partial charge in [0.2, 0.25) is 5.91 Å². The van der Waals surface area contributed by atoms with Gasteiger partial charge in [-0.15, -0.1) is 11.8 Å². The molecule has 0 saturated carbocycles. The fraction of sp³-hybridized carbons (Fsp3) is 0.0652. The van der Waals surface area contributed by atoms with Crippen molar-refractivity contribution in [2.24, 2.45) is 0 Å². The Morgan fingerprint density at radius 3 is 1.96 bits per heavy atom. The summed E-state index contributed by atoms with van der Waals surface area (Å²) in [5.74, 6) is -1.27. The minimum atomic E-state index is -0.744. The largest absolute Gasteiger partial charge is 0.494 e. The molecule has 0 radical (unpaired) electrons. The van der Waals surface area contributed by atoms with Crippen molar-refractivity contribution in [1.82, 2.24) is 5.32 Å². The summed E-state index contributed by atoms with van der Waals surface area (Å²) >= 11 is 1.29. The Kier molecular flexibility index (Phi) is 11.3. The Bertz CT molecular complexity index is 2470. The van der Waals surface area contributed by atoms with E-state index < -0.39 is 17.1 Å². The lowest BCUT2D eigenvalue weighted by molar-refractivity contribution is -0.116. The van der Waals surface area contributed by atoms with Crippen molar-refractivity contribution >= 4 is 58.5 Å². The highest BCUT2D eigenvalue weighted by Crippen LogP contribution is 2.38. The molecule has 0 aromatic heterocycles. The molecule has 3 amide bonds. The van der Waals surface area contributed by atoms with E-state index in [4.69, 9.17) is 4.74 Å². The third-order valence-corrected chi connectivity index (χ3v) is 10.2. The molecule has 6 aromatic carbocycles. The number of thioether (sulfide) groups is 1. The van der Waals surface area contributed by atoms with Crippen molar-refractivity contribution in [1.29, 1.82) is 0 Å². The first kappa shape index (κ1) is 37.3. The predicted molar refractivity (Wildman–Crippen MR) is 218 cm³/mol. The first-order valence-electron chi connectivity index (χ1n) is 17.9. The molecular weight excluding hydrogens is 723 g/mol. The van der Waals surface area contributed by atoms with Gasteiger partial charge in [0.15, 0.2) is 11.6 Å². The molecule has 9 nitrogen and oxygen atoms in total. The molecule has 6 aromatic rings. The summed E-state index contributed by atoms with van der Waals surface area (Å²) < 4.78 is 5.53. The van der Waals surface area contributed by atoms with E-state index in [1.165, 1.54) is 11.8 Å². The number of ether oxygens (including phenoxy) is 1. The number of carbonyl (C=O) groups is 5. The van der Waals surface area contributed by atoms with Crippen molar-refractivity contribution in [2.45, 2.75) is 17.1 Å². The average molecular weight is 758 g/mol. The van der Waals surface area contributed by atoms with Gasteiger partial charge in [-0.05, 0) is 78.7 Å². The van der Waals surface area contributed by atoms with Crippen LogP contribution in [0.15, 0.2) is 162 Å². The van der Waals surface area contributed by atoms with Crippen molar-refractivity contribution in [3.05, 3.63) is 196 Å². The molecule has 276 valence electrons. The van der Waals surface area contributed by atoms with Crippen LogP contribution < -0.4 is 20.7 Å². The lowest BCUT2D eigenvalue weighted by atomic mass is 9.83. The van der Waals surface area contributed by atoms with Crippen LogP contribution in [0.5, 0.6) is 5.75 Å². The molecule has 0 bridgehead atoms. The molecule has 1 aliphatic rings. The molecule has 56 heavy (non-hydrogen) atoms. The second kappa shape index (κ2) is 17.0. The van der Waals surface area contributed by atoms with Crippen molar-refractivity contribution in [2.75, 3.05) is 17.2 Å². The van der Waals surface area contributed by atoms with E-state index in [0.29, 0.717) is 40.3 Å². The molecule has 1 aliphatic carbocycles. The molecule has 10 heteroatoms. The van der Waals surface area contributed by atoms with Crippen LogP contribution in [0, 0.1) is 0 Å². The lowest BCUT2D eigenvalue weighted by Crippen LogP contribution is -2.30. The predicted octanol–water partition coefficient (Wildman–Crippen LogP) is 8.74. The fourth-order valence-electron chi connectivity index (χ4n) is 6.24. The second-order valence-corrected chi connectivity index (χ2v) is 13.9. The summed E-state index contributed by atoms with van der Waals surface area (Å²) in [7, 11) is 0. The van der Waals surface area contributed by atoms with Gasteiger partial charge < -0.3 is 20.7 Å².